The van der Waals surface area contributed by atoms with E-state index in [1.807, 2.05) is 0 Å². The Hall–Kier alpha value is -1.79. The molecule has 1 heterocycles. The first-order valence-electron chi connectivity index (χ1n) is 7.10. The number of halogens is 1. The second-order valence-electron chi connectivity index (χ2n) is 4.98. The molecule has 0 bridgehead atoms. The van der Waals surface area contributed by atoms with E-state index >= 15 is 0 Å². The third kappa shape index (κ3) is 4.61. The summed E-state index contributed by atoms with van der Waals surface area (Å²) < 4.78 is 10.1. The standard InChI is InChI=1S/C15H19ClN2O4/c1-21-15(20)10-4-5-12(16)13(7-10)17-9-14(19)18-8-11-3-2-6-22-11/h4-5,7,11,17H,2-3,6,8-9H2,1H3,(H,18,19). The molecule has 1 aliphatic heterocycles. The Kier molecular flexibility index (Phi) is 6.03. The average molecular weight is 327 g/mol. The fourth-order valence-corrected chi connectivity index (χ4v) is 2.36. The SMILES string of the molecule is COC(=O)c1ccc(Cl)c(NCC(=O)NCC2CCCO2)c1. The topological polar surface area (TPSA) is 76.7 Å². The zero-order valence-electron chi connectivity index (χ0n) is 12.4. The fourth-order valence-electron chi connectivity index (χ4n) is 2.18. The highest BCUT2D eigenvalue weighted by Gasteiger charge is 2.16. The van der Waals surface area contributed by atoms with E-state index in [4.69, 9.17) is 16.3 Å². The van der Waals surface area contributed by atoms with Gasteiger partial charge in [-0.15, -0.1) is 0 Å². The molecule has 0 aliphatic carbocycles. The number of carbonyl (C=O) groups excluding carboxylic acids is 2. The first kappa shape index (κ1) is 16.6. The van der Waals surface area contributed by atoms with Gasteiger partial charge in [-0.25, -0.2) is 4.79 Å². The molecule has 120 valence electrons. The lowest BCUT2D eigenvalue weighted by molar-refractivity contribution is -0.119. The van der Waals surface area contributed by atoms with Crippen LogP contribution in [0.1, 0.15) is 23.2 Å². The Morgan fingerprint density at radius 3 is 2.95 bits per heavy atom. The second kappa shape index (κ2) is 8.00. The number of anilines is 1. The van der Waals surface area contributed by atoms with E-state index in [0.717, 1.165) is 19.4 Å². The molecule has 7 heteroatoms. The van der Waals surface area contributed by atoms with Gasteiger partial charge >= 0.3 is 5.97 Å². The third-order valence-electron chi connectivity index (χ3n) is 3.38. The Bertz CT molecular complexity index is 544. The van der Waals surface area contributed by atoms with Gasteiger partial charge in [0.1, 0.15) is 0 Å². The minimum absolute atomic E-state index is 0.0665. The summed E-state index contributed by atoms with van der Waals surface area (Å²) in [5.41, 5.74) is 0.881. The van der Waals surface area contributed by atoms with E-state index in [1.54, 1.807) is 18.2 Å². The molecule has 2 rings (SSSR count). The maximum atomic E-state index is 11.8. The number of carbonyl (C=O) groups is 2. The highest BCUT2D eigenvalue weighted by atomic mass is 35.5. The number of ether oxygens (including phenoxy) is 2. The molecule has 1 saturated heterocycles. The maximum absolute atomic E-state index is 11.8. The summed E-state index contributed by atoms with van der Waals surface area (Å²) in [6, 6.07) is 4.71. The third-order valence-corrected chi connectivity index (χ3v) is 3.71. The van der Waals surface area contributed by atoms with E-state index in [-0.39, 0.29) is 18.6 Å². The maximum Gasteiger partial charge on any atom is 0.337 e. The smallest absolute Gasteiger partial charge is 0.337 e. The van der Waals surface area contributed by atoms with Crippen LogP contribution in [0, 0.1) is 0 Å². The van der Waals surface area contributed by atoms with Crippen LogP contribution in [-0.4, -0.2) is 44.8 Å². The van der Waals surface area contributed by atoms with Crippen LogP contribution < -0.4 is 10.6 Å². The summed E-state index contributed by atoms with van der Waals surface area (Å²) in [7, 11) is 1.31. The highest BCUT2D eigenvalue weighted by Crippen LogP contribution is 2.23. The molecule has 1 aromatic carbocycles. The van der Waals surface area contributed by atoms with Gasteiger partial charge < -0.3 is 20.1 Å². The van der Waals surface area contributed by atoms with Crippen molar-refractivity contribution in [2.24, 2.45) is 0 Å². The molecule has 0 spiro atoms. The molecule has 0 radical (unpaired) electrons. The van der Waals surface area contributed by atoms with Crippen molar-refractivity contribution in [1.82, 2.24) is 5.32 Å². The monoisotopic (exact) mass is 326 g/mol. The van der Waals surface area contributed by atoms with Crippen LogP contribution in [0.4, 0.5) is 5.69 Å². The Labute approximate surface area is 134 Å². The van der Waals surface area contributed by atoms with Gasteiger partial charge in [-0.2, -0.15) is 0 Å². The summed E-state index contributed by atoms with van der Waals surface area (Å²) >= 11 is 6.04. The number of methoxy groups -OCH3 is 1. The number of amides is 1. The minimum atomic E-state index is -0.456. The number of hydrogen-bond donors (Lipinski definition) is 2. The predicted molar refractivity (Wildman–Crippen MR) is 83.3 cm³/mol. The van der Waals surface area contributed by atoms with Crippen LogP contribution in [0.3, 0.4) is 0 Å². The fraction of sp³-hybridized carbons (Fsp3) is 0.467. The molecule has 1 fully saturated rings. The molecule has 1 unspecified atom stereocenters. The van der Waals surface area contributed by atoms with Crippen molar-refractivity contribution >= 4 is 29.2 Å². The Balaban J connectivity index is 1.84. The zero-order chi connectivity index (χ0) is 15.9. The van der Waals surface area contributed by atoms with Crippen molar-refractivity contribution < 1.29 is 19.1 Å². The van der Waals surface area contributed by atoms with Gasteiger partial charge in [-0.3, -0.25) is 4.79 Å². The largest absolute Gasteiger partial charge is 0.465 e. The zero-order valence-corrected chi connectivity index (χ0v) is 13.1. The van der Waals surface area contributed by atoms with Crippen LogP contribution in [0.25, 0.3) is 0 Å². The molecule has 6 nitrogen and oxygen atoms in total. The van der Waals surface area contributed by atoms with E-state index in [0.29, 0.717) is 22.8 Å². The number of esters is 1. The molecule has 0 aromatic heterocycles. The van der Waals surface area contributed by atoms with Gasteiger partial charge in [-0.05, 0) is 31.0 Å². The van der Waals surface area contributed by atoms with Crippen LogP contribution >= 0.6 is 11.6 Å². The minimum Gasteiger partial charge on any atom is -0.465 e. The van der Waals surface area contributed by atoms with Gasteiger partial charge in [0.15, 0.2) is 0 Å². The predicted octanol–water partition coefficient (Wildman–Crippen LogP) is 1.83. The molecule has 1 aromatic rings. The van der Waals surface area contributed by atoms with Crippen molar-refractivity contribution in [2.45, 2.75) is 18.9 Å². The molecule has 2 N–H and O–H groups in total. The van der Waals surface area contributed by atoms with Crippen LogP contribution in [0.2, 0.25) is 5.02 Å². The molecular weight excluding hydrogens is 308 g/mol. The molecule has 22 heavy (non-hydrogen) atoms. The van der Waals surface area contributed by atoms with Gasteiger partial charge in [0, 0.05) is 13.2 Å². The quantitative estimate of drug-likeness (QED) is 0.780. The first-order chi connectivity index (χ1) is 10.6. The molecule has 1 aliphatic rings. The van der Waals surface area contributed by atoms with Crippen LogP contribution in [0.15, 0.2) is 18.2 Å². The van der Waals surface area contributed by atoms with Crippen molar-refractivity contribution in [2.75, 3.05) is 32.1 Å². The van der Waals surface area contributed by atoms with Crippen LogP contribution in [0.5, 0.6) is 0 Å². The second-order valence-corrected chi connectivity index (χ2v) is 5.39. The number of benzene rings is 1. The number of hydrogen-bond acceptors (Lipinski definition) is 5. The van der Waals surface area contributed by atoms with Gasteiger partial charge in [-0.1, -0.05) is 11.6 Å². The van der Waals surface area contributed by atoms with Gasteiger partial charge in [0.05, 0.1) is 36.0 Å². The molecule has 1 amide bonds. The van der Waals surface area contributed by atoms with E-state index < -0.39 is 5.97 Å². The van der Waals surface area contributed by atoms with Crippen molar-refractivity contribution in [3.8, 4) is 0 Å². The molecular formula is C15H19ClN2O4. The lowest BCUT2D eigenvalue weighted by Gasteiger charge is -2.12. The number of nitrogens with one attached hydrogen (secondary N) is 2. The Morgan fingerprint density at radius 2 is 2.27 bits per heavy atom. The van der Waals surface area contributed by atoms with Gasteiger partial charge in [0.2, 0.25) is 5.91 Å². The summed E-state index contributed by atoms with van der Waals surface area (Å²) in [6.45, 7) is 1.34. The van der Waals surface area contributed by atoms with E-state index in [1.165, 1.54) is 7.11 Å². The van der Waals surface area contributed by atoms with Crippen molar-refractivity contribution in [1.29, 1.82) is 0 Å². The van der Waals surface area contributed by atoms with Gasteiger partial charge in [0.25, 0.3) is 0 Å². The first-order valence-corrected chi connectivity index (χ1v) is 7.48. The number of rotatable bonds is 6. The summed E-state index contributed by atoms with van der Waals surface area (Å²) in [5.74, 6) is -0.613. The van der Waals surface area contributed by atoms with Crippen molar-refractivity contribution in [3.05, 3.63) is 28.8 Å². The van der Waals surface area contributed by atoms with Crippen molar-refractivity contribution in [3.63, 3.8) is 0 Å². The molecule has 1 atom stereocenters. The summed E-state index contributed by atoms with van der Waals surface area (Å²) in [5, 5.41) is 6.15. The summed E-state index contributed by atoms with van der Waals surface area (Å²) in [6.07, 6.45) is 2.12. The van der Waals surface area contributed by atoms with E-state index in [9.17, 15) is 9.59 Å². The Morgan fingerprint density at radius 1 is 1.45 bits per heavy atom. The lowest BCUT2D eigenvalue weighted by Crippen LogP contribution is -2.35. The van der Waals surface area contributed by atoms with Crippen LogP contribution in [-0.2, 0) is 14.3 Å². The lowest BCUT2D eigenvalue weighted by atomic mass is 10.2. The average Bonchev–Trinajstić information content (AvgIpc) is 3.04. The molecule has 0 saturated carbocycles. The van der Waals surface area contributed by atoms with E-state index in [2.05, 4.69) is 15.4 Å². The normalized spacial score (nSPS) is 17.1. The highest BCUT2D eigenvalue weighted by molar-refractivity contribution is 6.33. The summed E-state index contributed by atoms with van der Waals surface area (Å²) in [4.78, 5) is 23.3.